The first kappa shape index (κ1) is 19.6. The molecule has 0 bridgehead atoms. The number of rotatable bonds is 6. The molecule has 0 atom stereocenters. The average Bonchev–Trinajstić information content (AvgIpc) is 3.14. The summed E-state index contributed by atoms with van der Waals surface area (Å²) in [5.41, 5.74) is -0.514. The molecule has 6 nitrogen and oxygen atoms in total. The normalized spacial score (nSPS) is 16.6. The maximum absolute atomic E-state index is 11.9. The minimum absolute atomic E-state index is 0.0105. The molecule has 1 amide bonds. The Bertz CT molecular complexity index is 562. The van der Waals surface area contributed by atoms with Crippen molar-refractivity contribution >= 4 is 28.2 Å². The van der Waals surface area contributed by atoms with Crippen LogP contribution < -0.4 is 20.9 Å². The van der Waals surface area contributed by atoms with Crippen LogP contribution in [0, 0.1) is 5.41 Å². The van der Waals surface area contributed by atoms with Crippen LogP contribution in [0.15, 0.2) is 22.5 Å². The van der Waals surface area contributed by atoms with E-state index in [1.165, 1.54) is 5.00 Å². The van der Waals surface area contributed by atoms with E-state index in [9.17, 15) is 4.79 Å². The standard InChI is InChI=1S/C18H31N5OS/c1-5-20-17(21-13-18(2,3)16(24)19-4)22-14-8-10-23(11-9-14)15-7-6-12-25-15/h6-7,12,14H,5,8-11,13H2,1-4H3,(H,19,24)(H2,20,21,22). The van der Waals surface area contributed by atoms with Crippen LogP contribution in [0.3, 0.4) is 0 Å². The van der Waals surface area contributed by atoms with Crippen LogP contribution in [0.25, 0.3) is 0 Å². The van der Waals surface area contributed by atoms with E-state index in [-0.39, 0.29) is 5.91 Å². The number of hydrogen-bond acceptors (Lipinski definition) is 4. The van der Waals surface area contributed by atoms with Crippen LogP contribution >= 0.6 is 11.3 Å². The highest BCUT2D eigenvalue weighted by Crippen LogP contribution is 2.24. The smallest absolute Gasteiger partial charge is 0.227 e. The summed E-state index contributed by atoms with van der Waals surface area (Å²) >= 11 is 1.80. The number of anilines is 1. The number of amides is 1. The van der Waals surface area contributed by atoms with Gasteiger partial charge in [0, 0.05) is 32.7 Å². The van der Waals surface area contributed by atoms with E-state index < -0.39 is 5.41 Å². The minimum atomic E-state index is -0.514. The molecule has 0 unspecified atom stereocenters. The van der Waals surface area contributed by atoms with Crippen molar-refractivity contribution in [3.8, 4) is 0 Å². The third-order valence-electron chi connectivity index (χ3n) is 4.47. The number of aliphatic imine (C=N–C) groups is 1. The third-order valence-corrected chi connectivity index (χ3v) is 5.40. The maximum atomic E-state index is 11.9. The predicted molar refractivity (Wildman–Crippen MR) is 107 cm³/mol. The van der Waals surface area contributed by atoms with Gasteiger partial charge >= 0.3 is 0 Å². The molecule has 2 heterocycles. The minimum Gasteiger partial charge on any atom is -0.363 e. The quantitative estimate of drug-likeness (QED) is 0.533. The molecule has 0 aromatic carbocycles. The predicted octanol–water partition coefficient (Wildman–Crippen LogP) is 2.04. The number of thiophene rings is 1. The second-order valence-electron chi connectivity index (χ2n) is 7.02. The Morgan fingerprint density at radius 2 is 2.12 bits per heavy atom. The topological polar surface area (TPSA) is 68.8 Å². The molecule has 7 heteroatoms. The summed E-state index contributed by atoms with van der Waals surface area (Å²) in [6.07, 6.45) is 2.17. The van der Waals surface area contributed by atoms with Gasteiger partial charge in [-0.15, -0.1) is 11.3 Å². The van der Waals surface area contributed by atoms with Crippen molar-refractivity contribution < 1.29 is 4.79 Å². The Morgan fingerprint density at radius 1 is 1.40 bits per heavy atom. The Labute approximate surface area is 155 Å². The van der Waals surface area contributed by atoms with E-state index >= 15 is 0 Å². The molecular formula is C18H31N5OS. The van der Waals surface area contributed by atoms with Gasteiger partial charge in [-0.1, -0.05) is 0 Å². The molecular weight excluding hydrogens is 334 g/mol. The molecule has 140 valence electrons. The number of carbonyl (C=O) groups excluding carboxylic acids is 1. The average molecular weight is 366 g/mol. The first-order valence-electron chi connectivity index (χ1n) is 9.01. The molecule has 25 heavy (non-hydrogen) atoms. The summed E-state index contributed by atoms with van der Waals surface area (Å²) in [4.78, 5) is 19.0. The highest BCUT2D eigenvalue weighted by Gasteiger charge is 2.27. The van der Waals surface area contributed by atoms with Crippen molar-refractivity contribution in [3.05, 3.63) is 17.5 Å². The second kappa shape index (κ2) is 9.08. The van der Waals surface area contributed by atoms with E-state index in [4.69, 9.17) is 0 Å². The van der Waals surface area contributed by atoms with Crippen LogP contribution in [-0.2, 0) is 4.79 Å². The fraction of sp³-hybridized carbons (Fsp3) is 0.667. The monoisotopic (exact) mass is 365 g/mol. The fourth-order valence-corrected chi connectivity index (χ4v) is 3.68. The number of hydrogen-bond donors (Lipinski definition) is 3. The van der Waals surface area contributed by atoms with Gasteiger partial charge in [0.05, 0.1) is 17.0 Å². The maximum Gasteiger partial charge on any atom is 0.227 e. The molecule has 1 aromatic rings. The van der Waals surface area contributed by atoms with E-state index in [2.05, 4.69) is 50.3 Å². The molecule has 1 aliphatic rings. The van der Waals surface area contributed by atoms with Crippen molar-refractivity contribution in [1.82, 2.24) is 16.0 Å². The van der Waals surface area contributed by atoms with Gasteiger partial charge in [0.2, 0.25) is 5.91 Å². The van der Waals surface area contributed by atoms with Gasteiger partial charge in [0.15, 0.2) is 5.96 Å². The molecule has 1 aliphatic heterocycles. The van der Waals surface area contributed by atoms with Gasteiger partial charge in [0.1, 0.15) is 0 Å². The molecule has 0 saturated carbocycles. The molecule has 1 aromatic heterocycles. The lowest BCUT2D eigenvalue weighted by Crippen LogP contribution is -2.49. The number of carbonyl (C=O) groups is 1. The third kappa shape index (κ3) is 5.63. The summed E-state index contributed by atoms with van der Waals surface area (Å²) in [6.45, 7) is 9.26. The van der Waals surface area contributed by atoms with Crippen LogP contribution in [0.4, 0.5) is 5.00 Å². The van der Waals surface area contributed by atoms with Crippen LogP contribution in [0.1, 0.15) is 33.6 Å². The summed E-state index contributed by atoms with van der Waals surface area (Å²) in [5.74, 6) is 0.811. The first-order chi connectivity index (χ1) is 12.0. The van der Waals surface area contributed by atoms with Crippen molar-refractivity contribution in [1.29, 1.82) is 0 Å². The first-order valence-corrected chi connectivity index (χ1v) is 9.89. The zero-order chi connectivity index (χ0) is 18.3. The van der Waals surface area contributed by atoms with E-state index in [1.807, 2.05) is 13.8 Å². The van der Waals surface area contributed by atoms with Gasteiger partial charge in [-0.05, 0) is 51.1 Å². The summed E-state index contributed by atoms with van der Waals surface area (Å²) in [6, 6.07) is 4.70. The summed E-state index contributed by atoms with van der Waals surface area (Å²) in [5, 5.41) is 13.0. The van der Waals surface area contributed by atoms with Gasteiger partial charge in [0.25, 0.3) is 0 Å². The molecule has 2 rings (SSSR count). The van der Waals surface area contributed by atoms with Crippen molar-refractivity contribution in [2.75, 3.05) is 38.1 Å². The van der Waals surface area contributed by atoms with E-state index in [1.54, 1.807) is 18.4 Å². The Hall–Kier alpha value is -1.76. The Morgan fingerprint density at radius 3 is 2.68 bits per heavy atom. The number of nitrogens with zero attached hydrogens (tertiary/aromatic N) is 2. The second-order valence-corrected chi connectivity index (χ2v) is 7.94. The molecule has 0 aliphatic carbocycles. The lowest BCUT2D eigenvalue weighted by atomic mass is 9.93. The number of piperidine rings is 1. The molecule has 0 radical (unpaired) electrons. The van der Waals surface area contributed by atoms with Crippen molar-refractivity contribution in [3.63, 3.8) is 0 Å². The van der Waals surface area contributed by atoms with Gasteiger partial charge in [-0.2, -0.15) is 0 Å². The van der Waals surface area contributed by atoms with Crippen LogP contribution in [0.5, 0.6) is 0 Å². The lowest BCUT2D eigenvalue weighted by Gasteiger charge is -2.33. The number of guanidine groups is 1. The molecule has 0 spiro atoms. The Balaban J connectivity index is 1.89. The van der Waals surface area contributed by atoms with Crippen molar-refractivity contribution in [2.45, 2.75) is 39.7 Å². The van der Waals surface area contributed by atoms with E-state index in [0.29, 0.717) is 12.6 Å². The Kier molecular flexibility index (Phi) is 7.11. The summed E-state index contributed by atoms with van der Waals surface area (Å²) < 4.78 is 0. The lowest BCUT2D eigenvalue weighted by molar-refractivity contribution is -0.128. The fourth-order valence-electron chi connectivity index (χ4n) is 2.89. The van der Waals surface area contributed by atoms with Crippen LogP contribution in [0.2, 0.25) is 0 Å². The van der Waals surface area contributed by atoms with E-state index in [0.717, 1.165) is 38.4 Å². The van der Waals surface area contributed by atoms with Gasteiger partial charge in [-0.25, -0.2) is 0 Å². The SMILES string of the molecule is CCNC(=NCC(C)(C)C(=O)NC)NC1CCN(c2cccs2)CC1. The van der Waals surface area contributed by atoms with Gasteiger partial charge in [-0.3, -0.25) is 9.79 Å². The number of nitrogens with one attached hydrogen (secondary N) is 3. The summed E-state index contributed by atoms with van der Waals surface area (Å²) in [7, 11) is 1.67. The van der Waals surface area contributed by atoms with Crippen LogP contribution in [-0.4, -0.2) is 51.1 Å². The van der Waals surface area contributed by atoms with Gasteiger partial charge < -0.3 is 20.9 Å². The molecule has 1 fully saturated rings. The zero-order valence-corrected chi connectivity index (χ0v) is 16.6. The highest BCUT2D eigenvalue weighted by molar-refractivity contribution is 7.14. The van der Waals surface area contributed by atoms with Crippen molar-refractivity contribution in [2.24, 2.45) is 10.4 Å². The molecule has 3 N–H and O–H groups in total. The molecule has 1 saturated heterocycles. The largest absolute Gasteiger partial charge is 0.363 e. The highest BCUT2D eigenvalue weighted by atomic mass is 32.1. The zero-order valence-electron chi connectivity index (χ0n) is 15.8.